The average Bonchev–Trinajstić information content (AvgIpc) is 3.51. The minimum Gasteiger partial charge on any atom is -0.507 e. The molecule has 0 amide bonds. The quantitative estimate of drug-likeness (QED) is 0.187. The number of aryl methyl sites for hydroxylation is 1. The molecule has 7 aromatic rings. The molecule has 3 nitrogen and oxygen atoms in total. The van der Waals surface area contributed by atoms with Crippen molar-refractivity contribution < 1.29 is 5.11 Å². The highest BCUT2D eigenvalue weighted by Crippen LogP contribution is 2.44. The number of phenols is 1. The predicted molar refractivity (Wildman–Crippen MR) is 211 cm³/mol. The van der Waals surface area contributed by atoms with Crippen molar-refractivity contribution >= 4 is 44.2 Å². The molecule has 0 atom stereocenters. The number of thiazole rings is 1. The van der Waals surface area contributed by atoms with Crippen LogP contribution < -0.4 is 0 Å². The Labute approximate surface area is 293 Å². The highest BCUT2D eigenvalue weighted by molar-refractivity contribution is 7.21. The third kappa shape index (κ3) is 6.54. The van der Waals surface area contributed by atoms with Gasteiger partial charge in [-0.2, -0.15) is 0 Å². The largest absolute Gasteiger partial charge is 0.507 e. The Balaban J connectivity index is 1.41. The molecule has 0 saturated heterocycles. The van der Waals surface area contributed by atoms with Crippen LogP contribution in [0.4, 0.5) is 5.69 Å². The summed E-state index contributed by atoms with van der Waals surface area (Å²) in [5, 5.41) is 13.9. The van der Waals surface area contributed by atoms with Crippen molar-refractivity contribution in [1.82, 2.24) is 4.98 Å². The van der Waals surface area contributed by atoms with Gasteiger partial charge in [0, 0.05) is 28.3 Å². The number of fused-ring (bicyclic) bond motifs is 2. The van der Waals surface area contributed by atoms with E-state index in [9.17, 15) is 5.11 Å². The molecule has 0 bridgehead atoms. The molecule has 244 valence electrons. The summed E-state index contributed by atoms with van der Waals surface area (Å²) in [6.45, 7) is 15.4. The van der Waals surface area contributed by atoms with E-state index in [1.807, 2.05) is 12.1 Å². The van der Waals surface area contributed by atoms with E-state index in [1.165, 1.54) is 22.3 Å². The van der Waals surface area contributed by atoms with Gasteiger partial charge < -0.3 is 5.11 Å². The smallest absolute Gasteiger partial charge is 0.126 e. The topological polar surface area (TPSA) is 45.5 Å². The number of rotatable bonds is 5. The molecule has 0 aliphatic heterocycles. The molecule has 0 aliphatic carbocycles. The van der Waals surface area contributed by atoms with Gasteiger partial charge in [0.15, 0.2) is 0 Å². The number of phenolic OH excluding ortho intramolecular Hbond substituents is 1. The van der Waals surface area contributed by atoms with Crippen molar-refractivity contribution in [2.24, 2.45) is 4.99 Å². The van der Waals surface area contributed by atoms with Gasteiger partial charge >= 0.3 is 0 Å². The van der Waals surface area contributed by atoms with Crippen molar-refractivity contribution in [3.63, 3.8) is 0 Å². The van der Waals surface area contributed by atoms with E-state index < -0.39 is 0 Å². The van der Waals surface area contributed by atoms with Gasteiger partial charge in [-0.15, -0.1) is 11.3 Å². The molecule has 0 unspecified atom stereocenters. The molecule has 4 heteroatoms. The van der Waals surface area contributed by atoms with Crippen LogP contribution in [0.2, 0.25) is 0 Å². The Hall–Kier alpha value is -5.06. The van der Waals surface area contributed by atoms with Crippen molar-refractivity contribution in [3.05, 3.63) is 138 Å². The molecule has 6 aromatic carbocycles. The van der Waals surface area contributed by atoms with Gasteiger partial charge in [-0.1, -0.05) is 126 Å². The zero-order valence-corrected chi connectivity index (χ0v) is 30.1. The van der Waals surface area contributed by atoms with E-state index in [1.54, 1.807) is 23.6 Å². The number of benzene rings is 6. The fourth-order valence-corrected chi connectivity index (χ4v) is 7.29. The third-order valence-corrected chi connectivity index (χ3v) is 10.3. The van der Waals surface area contributed by atoms with Crippen LogP contribution in [0.5, 0.6) is 5.75 Å². The molecule has 49 heavy (non-hydrogen) atoms. The minimum atomic E-state index is -0.0504. The fraction of sp³-hybridized carbons (Fsp3) is 0.200. The molecule has 0 radical (unpaired) electrons. The van der Waals surface area contributed by atoms with Gasteiger partial charge in [0.1, 0.15) is 10.8 Å². The van der Waals surface area contributed by atoms with Crippen LogP contribution >= 0.6 is 11.3 Å². The van der Waals surface area contributed by atoms with Gasteiger partial charge in [-0.05, 0) is 87.4 Å². The van der Waals surface area contributed by atoms with E-state index in [0.29, 0.717) is 5.56 Å². The summed E-state index contributed by atoms with van der Waals surface area (Å²) >= 11 is 1.71. The van der Waals surface area contributed by atoms with E-state index in [-0.39, 0.29) is 16.6 Å². The number of nitrogens with zero attached hydrogens (tertiary/aromatic N) is 2. The molecule has 0 aliphatic rings. The molecule has 1 aromatic heterocycles. The zero-order valence-electron chi connectivity index (χ0n) is 29.3. The second-order valence-corrected chi connectivity index (χ2v) is 16.1. The van der Waals surface area contributed by atoms with Crippen molar-refractivity contribution in [2.45, 2.75) is 59.3 Å². The van der Waals surface area contributed by atoms with Crippen LogP contribution in [0.1, 0.15) is 63.8 Å². The summed E-state index contributed by atoms with van der Waals surface area (Å²) in [6.07, 6.45) is 1.79. The Morgan fingerprint density at radius 1 is 0.653 bits per heavy atom. The van der Waals surface area contributed by atoms with Gasteiger partial charge in [0.05, 0.1) is 15.9 Å². The monoisotopic (exact) mass is 658 g/mol. The van der Waals surface area contributed by atoms with Crippen molar-refractivity contribution in [2.75, 3.05) is 0 Å². The maximum Gasteiger partial charge on any atom is 0.126 e. The first kappa shape index (κ1) is 32.5. The number of aromatic nitrogens is 1. The summed E-state index contributed by atoms with van der Waals surface area (Å²) in [4.78, 5) is 10.5. The van der Waals surface area contributed by atoms with Crippen LogP contribution in [0.3, 0.4) is 0 Å². The maximum atomic E-state index is 10.8. The highest BCUT2D eigenvalue weighted by atomic mass is 32.1. The summed E-state index contributed by atoms with van der Waals surface area (Å²) in [6, 6.07) is 40.6. The maximum absolute atomic E-state index is 10.8. The number of aromatic hydroxyl groups is 1. The van der Waals surface area contributed by atoms with E-state index in [0.717, 1.165) is 53.9 Å². The average molecular weight is 659 g/mol. The number of hydrogen-bond acceptors (Lipinski definition) is 4. The standard InChI is InChI=1S/C45H42N2OS/c1-28-15-17-29(18-16-28)31-12-10-13-32(23-31)38-25-35(45(5,6)7)26-40-42(38)47-43(49-40)37-21-19-30-11-8-9-14-36(30)41(37)46-27-33-24-34(44(2,3)4)20-22-39(33)48/h8-27,48H,1-7H3. The second-order valence-electron chi connectivity index (χ2n) is 15.1. The zero-order chi connectivity index (χ0) is 34.5. The van der Waals surface area contributed by atoms with Crippen molar-refractivity contribution in [1.29, 1.82) is 0 Å². The first-order chi connectivity index (χ1) is 23.3. The van der Waals surface area contributed by atoms with Crippen LogP contribution in [-0.4, -0.2) is 16.3 Å². The summed E-state index contributed by atoms with van der Waals surface area (Å²) in [7, 11) is 0. The van der Waals surface area contributed by atoms with E-state index in [4.69, 9.17) is 9.98 Å². The van der Waals surface area contributed by atoms with Crippen LogP contribution in [0.15, 0.2) is 120 Å². The lowest BCUT2D eigenvalue weighted by Gasteiger charge is -2.20. The Morgan fingerprint density at radius 2 is 1.39 bits per heavy atom. The van der Waals surface area contributed by atoms with Gasteiger partial charge in [-0.25, -0.2) is 4.98 Å². The fourth-order valence-electron chi connectivity index (χ4n) is 6.24. The molecule has 0 spiro atoms. The lowest BCUT2D eigenvalue weighted by molar-refractivity contribution is 0.473. The molecule has 1 N–H and O–H groups in total. The Bertz CT molecular complexity index is 2370. The molecule has 7 rings (SSSR count). The number of aliphatic imine (C=N–C) groups is 1. The Kier molecular flexibility index (Phi) is 8.24. The first-order valence-corrected chi connectivity index (χ1v) is 17.7. The molecular weight excluding hydrogens is 617 g/mol. The lowest BCUT2D eigenvalue weighted by Crippen LogP contribution is -2.11. The summed E-state index contributed by atoms with van der Waals surface area (Å²) in [5.41, 5.74) is 11.8. The molecule has 0 fully saturated rings. The Morgan fingerprint density at radius 3 is 2.14 bits per heavy atom. The van der Waals surface area contributed by atoms with Gasteiger partial charge in [0.2, 0.25) is 0 Å². The third-order valence-electron chi connectivity index (χ3n) is 9.28. The van der Waals surface area contributed by atoms with Crippen LogP contribution in [0.25, 0.3) is 53.8 Å². The number of hydrogen-bond donors (Lipinski definition) is 1. The molecule has 0 saturated carbocycles. The minimum absolute atomic E-state index is 0.0380. The van der Waals surface area contributed by atoms with Crippen molar-refractivity contribution in [3.8, 4) is 38.6 Å². The predicted octanol–water partition coefficient (Wildman–Crippen LogP) is 12.8. The van der Waals surface area contributed by atoms with Gasteiger partial charge in [0.25, 0.3) is 0 Å². The van der Waals surface area contributed by atoms with Crippen LogP contribution in [0, 0.1) is 6.92 Å². The highest BCUT2D eigenvalue weighted by Gasteiger charge is 2.22. The van der Waals surface area contributed by atoms with E-state index >= 15 is 0 Å². The summed E-state index contributed by atoms with van der Waals surface area (Å²) < 4.78 is 1.15. The van der Waals surface area contributed by atoms with Gasteiger partial charge in [-0.3, -0.25) is 4.99 Å². The second kappa shape index (κ2) is 12.4. The van der Waals surface area contributed by atoms with E-state index in [2.05, 4.69) is 146 Å². The SMILES string of the molecule is Cc1ccc(-c2cccc(-c3cc(C(C)(C)C)cc4sc(-c5ccc6ccccc6c5N=Cc5cc(C(C)(C)C)ccc5O)nc34)c2)cc1. The lowest BCUT2D eigenvalue weighted by atomic mass is 9.85. The molecular formula is C45H42N2OS. The molecule has 1 heterocycles. The normalized spacial score (nSPS) is 12.4. The first-order valence-electron chi connectivity index (χ1n) is 16.9. The summed E-state index contributed by atoms with van der Waals surface area (Å²) in [5.74, 6) is 0.214. The van der Waals surface area contributed by atoms with Crippen LogP contribution in [-0.2, 0) is 10.8 Å².